The van der Waals surface area contributed by atoms with E-state index in [4.69, 9.17) is 23.8 Å². The van der Waals surface area contributed by atoms with E-state index in [-0.39, 0.29) is 0 Å². The second kappa shape index (κ2) is 13.6. The fourth-order valence-corrected chi connectivity index (χ4v) is 9.33. The second-order valence-electron chi connectivity index (χ2n) is 15.9. The summed E-state index contributed by atoms with van der Waals surface area (Å²) in [6.45, 7) is 0. The SMILES string of the molecule is c1ccc2cc(-c3ccc4c(c3)oc3cccc(-c5ccc(-c6nc(-c7ccc8ccccc8c7)nc(-c7cccc8c7oc7ccccc78)n6)c6ccccc56)c34)ccc2c1. The van der Waals surface area contributed by atoms with E-state index in [9.17, 15) is 0 Å². The van der Waals surface area contributed by atoms with Crippen LogP contribution in [0.1, 0.15) is 0 Å². The summed E-state index contributed by atoms with van der Waals surface area (Å²) < 4.78 is 13.1. The molecule has 0 saturated carbocycles. The monoisotopic (exact) mass is 791 g/mol. The molecule has 0 fully saturated rings. The van der Waals surface area contributed by atoms with Gasteiger partial charge in [-0.3, -0.25) is 0 Å². The molecule has 3 aromatic heterocycles. The quantitative estimate of drug-likeness (QED) is 0.174. The highest BCUT2D eigenvalue weighted by Gasteiger charge is 2.21. The standard InChI is InChI=1S/C57H33N3O2/c1-3-13-36-31-38(25-23-34(36)11-1)39-27-28-48-52(33-39)61-51-22-10-18-45(53(48)51)43-29-30-47(42-16-6-5-15-41(42)43)56-58-55(40-26-24-35-12-2-4-14-37(35)32-40)59-57(60-56)49-20-9-19-46-44-17-7-8-21-50(44)62-54(46)49/h1-33H. The summed E-state index contributed by atoms with van der Waals surface area (Å²) in [4.78, 5) is 15.7. The van der Waals surface area contributed by atoms with Crippen molar-refractivity contribution in [2.45, 2.75) is 0 Å². The fraction of sp³-hybridized carbons (Fsp3) is 0. The molecule has 0 aliphatic carbocycles. The first-order chi connectivity index (χ1) is 30.7. The fourth-order valence-electron chi connectivity index (χ4n) is 9.33. The molecule has 0 bridgehead atoms. The Balaban J connectivity index is 0.988. The van der Waals surface area contributed by atoms with Crippen LogP contribution in [-0.4, -0.2) is 15.0 Å². The van der Waals surface area contributed by atoms with Gasteiger partial charge in [0.2, 0.25) is 0 Å². The molecule has 0 N–H and O–H groups in total. The summed E-state index contributed by atoms with van der Waals surface area (Å²) in [5.41, 5.74) is 10.4. The van der Waals surface area contributed by atoms with Gasteiger partial charge >= 0.3 is 0 Å². The molecule has 13 rings (SSSR count). The number of furan rings is 2. The summed E-state index contributed by atoms with van der Waals surface area (Å²) in [7, 11) is 0. The van der Waals surface area contributed by atoms with Gasteiger partial charge in [-0.25, -0.2) is 15.0 Å². The van der Waals surface area contributed by atoms with Gasteiger partial charge in [0.05, 0.1) is 5.56 Å². The molecule has 0 atom stereocenters. The Labute approximate surface area is 355 Å². The van der Waals surface area contributed by atoms with Gasteiger partial charge in [0, 0.05) is 32.7 Å². The maximum atomic E-state index is 6.62. The van der Waals surface area contributed by atoms with Crippen LogP contribution in [0.4, 0.5) is 0 Å². The average molecular weight is 792 g/mol. The highest BCUT2D eigenvalue weighted by molar-refractivity contribution is 6.17. The minimum absolute atomic E-state index is 0.550. The van der Waals surface area contributed by atoms with E-state index < -0.39 is 0 Å². The normalized spacial score (nSPS) is 11.9. The first-order valence-electron chi connectivity index (χ1n) is 20.8. The number of hydrogen-bond acceptors (Lipinski definition) is 5. The minimum Gasteiger partial charge on any atom is -0.456 e. The van der Waals surface area contributed by atoms with Gasteiger partial charge in [0.15, 0.2) is 17.5 Å². The Morgan fingerprint density at radius 1 is 0.274 bits per heavy atom. The lowest BCUT2D eigenvalue weighted by Gasteiger charge is -2.14. The van der Waals surface area contributed by atoms with Crippen LogP contribution in [0.3, 0.4) is 0 Å². The average Bonchev–Trinajstić information content (AvgIpc) is 3.92. The van der Waals surface area contributed by atoms with Crippen molar-refractivity contribution in [3.05, 3.63) is 200 Å². The van der Waals surface area contributed by atoms with Crippen molar-refractivity contribution in [3.63, 3.8) is 0 Å². The Kier molecular flexibility index (Phi) is 7.54. The Morgan fingerprint density at radius 3 is 1.63 bits per heavy atom. The number of aromatic nitrogens is 3. The molecule has 0 aliphatic rings. The number of para-hydroxylation sites is 2. The zero-order valence-corrected chi connectivity index (χ0v) is 33.2. The van der Waals surface area contributed by atoms with E-state index >= 15 is 0 Å². The lowest BCUT2D eigenvalue weighted by molar-refractivity contribution is 0.669. The van der Waals surface area contributed by atoms with Crippen LogP contribution in [0.2, 0.25) is 0 Å². The van der Waals surface area contributed by atoms with Gasteiger partial charge in [-0.2, -0.15) is 0 Å². The summed E-state index contributed by atoms with van der Waals surface area (Å²) in [6, 6.07) is 69.9. The van der Waals surface area contributed by atoms with Crippen molar-refractivity contribution < 1.29 is 8.83 Å². The maximum Gasteiger partial charge on any atom is 0.167 e. The molecule has 5 nitrogen and oxygen atoms in total. The van der Waals surface area contributed by atoms with Crippen molar-refractivity contribution in [2.75, 3.05) is 0 Å². The summed E-state index contributed by atoms with van der Waals surface area (Å²) in [6.07, 6.45) is 0. The highest BCUT2D eigenvalue weighted by atomic mass is 16.3. The zero-order chi connectivity index (χ0) is 40.7. The predicted molar refractivity (Wildman–Crippen MR) is 254 cm³/mol. The summed E-state index contributed by atoms with van der Waals surface area (Å²) in [5.74, 6) is 1.73. The number of nitrogens with zero attached hydrogens (tertiary/aromatic N) is 3. The lowest BCUT2D eigenvalue weighted by Crippen LogP contribution is -2.01. The zero-order valence-electron chi connectivity index (χ0n) is 33.2. The largest absolute Gasteiger partial charge is 0.456 e. The third-order valence-corrected chi connectivity index (χ3v) is 12.3. The molecule has 0 unspecified atom stereocenters. The summed E-state index contributed by atoms with van der Waals surface area (Å²) >= 11 is 0. The van der Waals surface area contributed by atoms with E-state index in [2.05, 4.69) is 170 Å². The molecular formula is C57H33N3O2. The topological polar surface area (TPSA) is 65.0 Å². The van der Waals surface area contributed by atoms with Gasteiger partial charge in [-0.05, 0) is 103 Å². The molecule has 10 aromatic carbocycles. The molecular weight excluding hydrogens is 759 g/mol. The Hall–Kier alpha value is -8.41. The summed E-state index contributed by atoms with van der Waals surface area (Å²) in [5, 5.41) is 11.1. The van der Waals surface area contributed by atoms with Crippen LogP contribution in [-0.2, 0) is 0 Å². The van der Waals surface area contributed by atoms with Gasteiger partial charge in [0.25, 0.3) is 0 Å². The third kappa shape index (κ3) is 5.45. The maximum absolute atomic E-state index is 6.62. The van der Waals surface area contributed by atoms with E-state index in [1.807, 2.05) is 30.3 Å². The van der Waals surface area contributed by atoms with Crippen molar-refractivity contribution >= 4 is 76.2 Å². The van der Waals surface area contributed by atoms with E-state index in [1.54, 1.807) is 0 Å². The molecule has 0 spiro atoms. The van der Waals surface area contributed by atoms with Gasteiger partial charge in [-0.15, -0.1) is 0 Å². The molecule has 5 heteroatoms. The molecule has 13 aromatic rings. The Bertz CT molecular complexity index is 3950. The van der Waals surface area contributed by atoms with Crippen LogP contribution >= 0.6 is 0 Å². The molecule has 0 aliphatic heterocycles. The van der Waals surface area contributed by atoms with Crippen molar-refractivity contribution in [1.82, 2.24) is 15.0 Å². The number of rotatable bonds is 5. The van der Waals surface area contributed by atoms with Crippen LogP contribution in [0, 0.1) is 0 Å². The number of fused-ring (bicyclic) bond motifs is 9. The van der Waals surface area contributed by atoms with E-state index in [1.165, 1.54) is 10.8 Å². The molecule has 0 radical (unpaired) electrons. The first-order valence-corrected chi connectivity index (χ1v) is 20.8. The van der Waals surface area contributed by atoms with Gasteiger partial charge in [-0.1, -0.05) is 152 Å². The van der Waals surface area contributed by atoms with Crippen molar-refractivity contribution in [2.24, 2.45) is 0 Å². The van der Waals surface area contributed by atoms with Crippen LogP contribution < -0.4 is 0 Å². The van der Waals surface area contributed by atoms with Crippen LogP contribution in [0.25, 0.3) is 133 Å². The highest BCUT2D eigenvalue weighted by Crippen LogP contribution is 2.43. The minimum atomic E-state index is 0.550. The van der Waals surface area contributed by atoms with Crippen molar-refractivity contribution in [1.29, 1.82) is 0 Å². The third-order valence-electron chi connectivity index (χ3n) is 12.3. The lowest BCUT2D eigenvalue weighted by atomic mass is 9.92. The van der Waals surface area contributed by atoms with Gasteiger partial charge in [0.1, 0.15) is 22.3 Å². The van der Waals surface area contributed by atoms with E-state index in [0.29, 0.717) is 17.5 Å². The molecule has 3 heterocycles. The van der Waals surface area contributed by atoms with Crippen molar-refractivity contribution in [3.8, 4) is 56.4 Å². The molecule has 0 saturated heterocycles. The molecule has 62 heavy (non-hydrogen) atoms. The number of hydrogen-bond donors (Lipinski definition) is 0. The molecule has 288 valence electrons. The first kappa shape index (κ1) is 34.5. The van der Waals surface area contributed by atoms with Crippen LogP contribution in [0.15, 0.2) is 209 Å². The van der Waals surface area contributed by atoms with Crippen LogP contribution in [0.5, 0.6) is 0 Å². The number of benzene rings is 10. The second-order valence-corrected chi connectivity index (χ2v) is 15.9. The Morgan fingerprint density at radius 2 is 0.823 bits per heavy atom. The molecule has 0 amide bonds. The van der Waals surface area contributed by atoms with E-state index in [0.717, 1.165) is 104 Å². The predicted octanol–water partition coefficient (Wildman–Crippen LogP) is 15.5. The van der Waals surface area contributed by atoms with Gasteiger partial charge < -0.3 is 8.83 Å². The smallest absolute Gasteiger partial charge is 0.167 e.